The number of benzene rings is 3. The average Bonchev–Trinajstić information content (AvgIpc) is 3.93. The van der Waals surface area contributed by atoms with Gasteiger partial charge < -0.3 is 24.0 Å². The van der Waals surface area contributed by atoms with E-state index in [1.807, 2.05) is 36.4 Å². The van der Waals surface area contributed by atoms with Crippen LogP contribution in [0.5, 0.6) is 5.75 Å². The van der Waals surface area contributed by atoms with Crippen molar-refractivity contribution in [3.8, 4) is 11.4 Å². The third-order valence-electron chi connectivity index (χ3n) is 10.6. The molecule has 0 spiro atoms. The van der Waals surface area contributed by atoms with Gasteiger partial charge in [-0.1, -0.05) is 33.8 Å². The summed E-state index contributed by atoms with van der Waals surface area (Å²) < 4.78 is 51.6. The van der Waals surface area contributed by atoms with Crippen molar-refractivity contribution >= 4 is 11.4 Å². The summed E-state index contributed by atoms with van der Waals surface area (Å²) in [6.07, 6.45) is 4.59. The Morgan fingerprint density at radius 1 is 0.887 bits per heavy atom. The first-order chi connectivity index (χ1) is 25.6. The summed E-state index contributed by atoms with van der Waals surface area (Å²) in [6.45, 7) is 12.3. The van der Waals surface area contributed by atoms with E-state index < -0.39 is 23.5 Å². The number of ether oxygens (including phenoxy) is 3. The number of hydrogen-bond donors (Lipinski definition) is 0. The van der Waals surface area contributed by atoms with E-state index in [2.05, 4.69) is 64.8 Å². The van der Waals surface area contributed by atoms with Crippen molar-refractivity contribution in [2.45, 2.75) is 58.6 Å². The molecule has 5 aromatic rings. The Kier molecular flexibility index (Phi) is 10.6. The van der Waals surface area contributed by atoms with E-state index in [0.29, 0.717) is 17.6 Å². The zero-order valence-electron chi connectivity index (χ0n) is 30.5. The van der Waals surface area contributed by atoms with E-state index in [1.54, 1.807) is 15.6 Å². The second-order valence-corrected chi connectivity index (χ2v) is 14.2. The van der Waals surface area contributed by atoms with E-state index in [0.717, 1.165) is 55.7 Å². The smallest absolute Gasteiger partial charge is 0.350 e. The van der Waals surface area contributed by atoms with Crippen LogP contribution in [0.15, 0.2) is 90.5 Å². The highest BCUT2D eigenvalue weighted by atomic mass is 19.1. The van der Waals surface area contributed by atoms with Crippen molar-refractivity contribution in [3.63, 3.8) is 0 Å². The maximum atomic E-state index is 14.9. The van der Waals surface area contributed by atoms with Crippen LogP contribution in [0.2, 0.25) is 0 Å². The summed E-state index contributed by atoms with van der Waals surface area (Å²) in [5, 5.41) is 8.62. The lowest BCUT2D eigenvalue weighted by Gasteiger charge is -2.37. The van der Waals surface area contributed by atoms with Crippen molar-refractivity contribution in [1.82, 2.24) is 29.1 Å². The molecule has 2 aliphatic heterocycles. The molecule has 14 heteroatoms. The van der Waals surface area contributed by atoms with Gasteiger partial charge >= 0.3 is 5.69 Å². The normalized spacial score (nSPS) is 20.2. The second kappa shape index (κ2) is 15.5. The molecule has 2 aliphatic rings. The van der Waals surface area contributed by atoms with Crippen LogP contribution in [0.25, 0.3) is 5.69 Å². The van der Waals surface area contributed by atoms with Gasteiger partial charge in [0.25, 0.3) is 0 Å². The van der Waals surface area contributed by atoms with Crippen LogP contribution in [-0.2, 0) is 21.6 Å². The van der Waals surface area contributed by atoms with E-state index in [1.165, 1.54) is 29.5 Å². The van der Waals surface area contributed by atoms with Crippen LogP contribution in [0.3, 0.4) is 0 Å². The van der Waals surface area contributed by atoms with Crippen molar-refractivity contribution < 1.29 is 23.0 Å². The predicted octanol–water partition coefficient (Wildman–Crippen LogP) is 5.82. The lowest BCUT2D eigenvalue weighted by molar-refractivity contribution is -0.117. The van der Waals surface area contributed by atoms with Crippen LogP contribution in [0.4, 0.5) is 20.2 Å². The van der Waals surface area contributed by atoms with Gasteiger partial charge in [-0.15, -0.1) is 0 Å². The van der Waals surface area contributed by atoms with Gasteiger partial charge in [0.1, 0.15) is 48.6 Å². The topological polar surface area (TPSA) is 105 Å². The van der Waals surface area contributed by atoms with Crippen molar-refractivity contribution in [3.05, 3.63) is 113 Å². The molecule has 0 aliphatic carbocycles. The van der Waals surface area contributed by atoms with Crippen molar-refractivity contribution in [2.75, 3.05) is 49.2 Å². The van der Waals surface area contributed by atoms with Gasteiger partial charge in [0.05, 0.1) is 24.9 Å². The molecule has 2 aromatic heterocycles. The molecular weight excluding hydrogens is 682 g/mol. The fourth-order valence-electron chi connectivity index (χ4n) is 7.27. The number of nitrogens with zero attached hydrogens (tertiary/aromatic N) is 8. The molecule has 0 amide bonds. The summed E-state index contributed by atoms with van der Waals surface area (Å²) >= 11 is 0. The summed E-state index contributed by atoms with van der Waals surface area (Å²) in [5.41, 5.74) is 1.84. The standard InChI is InChI=1S/C39H46F2N8O4/c1-5-36(28(4)27(2)3)49-38(50)48(26-44-49)32-9-7-30(8-10-32)45-16-18-46(19-17-45)31-11-13-33(14-12-31)51-21-37-52-23-39(53-37,22-47-25-42-24-43-47)34-15-6-29(40)20-35(34)41/h6-15,20,24-28,36-37H,5,16-19,21-23H2,1-4H3/t28?,36-,37-,39?/m0/s1. The Hall–Kier alpha value is -5.08. The Balaban J connectivity index is 0.921. The fraction of sp³-hybridized carbons (Fsp3) is 0.436. The van der Waals surface area contributed by atoms with E-state index in [4.69, 9.17) is 14.2 Å². The molecular formula is C39H46F2N8O4. The van der Waals surface area contributed by atoms with Gasteiger partial charge in [-0.25, -0.2) is 32.5 Å². The third kappa shape index (κ3) is 7.70. The lowest BCUT2D eigenvalue weighted by Crippen LogP contribution is -2.46. The van der Waals surface area contributed by atoms with Crippen molar-refractivity contribution in [1.29, 1.82) is 0 Å². The first kappa shape index (κ1) is 36.3. The number of piperazine rings is 1. The highest BCUT2D eigenvalue weighted by Gasteiger charge is 2.45. The number of halogens is 2. The minimum Gasteiger partial charge on any atom is -0.488 e. The highest BCUT2D eigenvalue weighted by molar-refractivity contribution is 5.54. The predicted molar refractivity (Wildman–Crippen MR) is 196 cm³/mol. The van der Waals surface area contributed by atoms with Crippen molar-refractivity contribution in [2.24, 2.45) is 11.8 Å². The number of hydrogen-bond acceptors (Lipinski definition) is 9. The molecule has 2 saturated heterocycles. The van der Waals surface area contributed by atoms with E-state index in [-0.39, 0.29) is 37.1 Å². The van der Waals surface area contributed by atoms with E-state index >= 15 is 0 Å². The monoisotopic (exact) mass is 728 g/mol. The Morgan fingerprint density at radius 2 is 1.55 bits per heavy atom. The Bertz CT molecular complexity index is 2010. The van der Waals surface area contributed by atoms with Gasteiger partial charge in [-0.2, -0.15) is 10.2 Å². The van der Waals surface area contributed by atoms with Gasteiger partial charge in [-0.05, 0) is 72.9 Å². The molecule has 0 radical (unpaired) electrons. The van der Waals surface area contributed by atoms with Crippen LogP contribution in [0, 0.1) is 23.5 Å². The van der Waals surface area contributed by atoms with Crippen LogP contribution < -0.4 is 20.2 Å². The number of anilines is 2. The SMILES string of the molecule is CC[C@@H](C(C)C(C)C)n1ncn(-c2ccc(N3CCN(c4ccc(OC[C@H]5OCC(Cn6cncn6)(c6ccc(F)cc6F)O5)cc4)CC3)cc2)c1=O. The molecule has 4 atom stereocenters. The van der Waals surface area contributed by atoms with Gasteiger partial charge in [0, 0.05) is 49.2 Å². The quantitative estimate of drug-likeness (QED) is 0.148. The number of rotatable bonds is 13. The maximum Gasteiger partial charge on any atom is 0.350 e. The van der Waals surface area contributed by atoms with Crippen LogP contribution >= 0.6 is 0 Å². The summed E-state index contributed by atoms with van der Waals surface area (Å²) in [7, 11) is 0. The second-order valence-electron chi connectivity index (χ2n) is 14.2. The largest absolute Gasteiger partial charge is 0.488 e. The first-order valence-corrected chi connectivity index (χ1v) is 18.2. The van der Waals surface area contributed by atoms with Gasteiger partial charge in [0.15, 0.2) is 6.29 Å². The van der Waals surface area contributed by atoms with E-state index in [9.17, 15) is 13.6 Å². The van der Waals surface area contributed by atoms with Crippen LogP contribution in [-0.4, -0.2) is 74.8 Å². The molecule has 0 N–H and O–H groups in total. The Morgan fingerprint density at radius 3 is 2.15 bits per heavy atom. The molecule has 0 saturated carbocycles. The minimum absolute atomic E-state index is 0.0293. The lowest BCUT2D eigenvalue weighted by atomic mass is 9.89. The first-order valence-electron chi connectivity index (χ1n) is 18.2. The zero-order chi connectivity index (χ0) is 37.1. The molecule has 2 unspecified atom stereocenters. The Labute approximate surface area is 307 Å². The van der Waals surface area contributed by atoms with Gasteiger partial charge in [-0.3, -0.25) is 0 Å². The molecule has 7 rings (SSSR count). The average molecular weight is 729 g/mol. The van der Waals surface area contributed by atoms with Crippen LogP contribution in [0.1, 0.15) is 45.7 Å². The minimum atomic E-state index is -1.23. The zero-order valence-corrected chi connectivity index (χ0v) is 30.5. The third-order valence-corrected chi connectivity index (χ3v) is 10.6. The fourth-order valence-corrected chi connectivity index (χ4v) is 7.27. The molecule has 53 heavy (non-hydrogen) atoms. The van der Waals surface area contributed by atoms with Gasteiger partial charge in [0.2, 0.25) is 0 Å². The highest BCUT2D eigenvalue weighted by Crippen LogP contribution is 2.37. The summed E-state index contributed by atoms with van der Waals surface area (Å²) in [6, 6.07) is 19.5. The molecule has 2 fully saturated rings. The molecule has 3 aromatic carbocycles. The summed E-state index contributed by atoms with van der Waals surface area (Å²) in [4.78, 5) is 22.0. The maximum absolute atomic E-state index is 14.9. The molecule has 0 bridgehead atoms. The molecule has 280 valence electrons. The summed E-state index contributed by atoms with van der Waals surface area (Å²) in [5.74, 6) is 0.0395. The molecule has 12 nitrogen and oxygen atoms in total. The molecule has 4 heterocycles. The number of aromatic nitrogens is 6.